The van der Waals surface area contributed by atoms with Gasteiger partial charge in [0.1, 0.15) is 22.8 Å². The quantitative estimate of drug-likeness (QED) is 0.391. The molecule has 12 heteroatoms. The SMILES string of the molecule is CC(C)(C)OC(=O)NCCCN(C(=O)OC(C)(C)C)c1ccn2ncc(-c3ccc(C(N)=O)c(O)c3)c2n1. The minimum Gasteiger partial charge on any atom is -0.507 e. The van der Waals surface area contributed by atoms with Gasteiger partial charge in [-0.05, 0) is 71.7 Å². The Morgan fingerprint density at radius 1 is 1.08 bits per heavy atom. The molecule has 2 heterocycles. The standard InChI is InChI=1S/C26H34N6O6/c1-25(2,3)37-23(35)28-11-7-12-31(24(36)38-26(4,5)6)20-10-13-32-22(30-20)18(15-29-32)16-8-9-17(21(27)34)19(33)14-16/h8-10,13-15,33H,7,11-12H2,1-6H3,(H2,27,34)(H,28,35). The van der Waals surface area contributed by atoms with Crippen LogP contribution in [0.4, 0.5) is 15.4 Å². The lowest BCUT2D eigenvalue weighted by molar-refractivity contribution is 0.0527. The summed E-state index contributed by atoms with van der Waals surface area (Å²) >= 11 is 0. The van der Waals surface area contributed by atoms with Crippen molar-refractivity contribution >= 4 is 29.6 Å². The summed E-state index contributed by atoms with van der Waals surface area (Å²) in [5.74, 6) is -0.703. The number of phenols is 1. The normalized spacial score (nSPS) is 11.7. The molecular weight excluding hydrogens is 492 g/mol. The van der Waals surface area contributed by atoms with Crippen molar-refractivity contribution in [3.05, 3.63) is 42.2 Å². The Hall–Kier alpha value is -4.35. The van der Waals surface area contributed by atoms with Crippen molar-refractivity contribution in [2.45, 2.75) is 59.2 Å². The first-order valence-corrected chi connectivity index (χ1v) is 12.1. The summed E-state index contributed by atoms with van der Waals surface area (Å²) in [6, 6.07) is 6.08. The third kappa shape index (κ3) is 7.34. The van der Waals surface area contributed by atoms with Crippen LogP contribution in [-0.2, 0) is 9.47 Å². The number of aromatic nitrogens is 3. The van der Waals surface area contributed by atoms with Crippen LogP contribution in [-0.4, -0.2) is 62.1 Å². The van der Waals surface area contributed by atoms with Crippen molar-refractivity contribution in [2.24, 2.45) is 5.73 Å². The van der Waals surface area contributed by atoms with Gasteiger partial charge in [-0.1, -0.05) is 6.07 Å². The Labute approximate surface area is 220 Å². The number of fused-ring (bicyclic) bond motifs is 1. The smallest absolute Gasteiger partial charge is 0.416 e. The summed E-state index contributed by atoms with van der Waals surface area (Å²) in [4.78, 5) is 42.6. The van der Waals surface area contributed by atoms with Crippen LogP contribution in [0.1, 0.15) is 58.3 Å². The molecular formula is C26H34N6O6. The van der Waals surface area contributed by atoms with Crippen LogP contribution in [0.25, 0.3) is 16.8 Å². The number of alkyl carbamates (subject to hydrolysis) is 1. The number of primary amides is 1. The number of amides is 3. The second kappa shape index (κ2) is 11.0. The molecule has 3 aromatic rings. The van der Waals surface area contributed by atoms with Crippen LogP contribution in [0, 0.1) is 0 Å². The molecule has 0 aliphatic rings. The van der Waals surface area contributed by atoms with E-state index in [4.69, 9.17) is 15.2 Å². The highest BCUT2D eigenvalue weighted by Gasteiger charge is 2.25. The summed E-state index contributed by atoms with van der Waals surface area (Å²) in [5.41, 5.74) is 5.45. The Morgan fingerprint density at radius 3 is 2.37 bits per heavy atom. The van der Waals surface area contributed by atoms with Gasteiger partial charge in [0.15, 0.2) is 5.65 Å². The summed E-state index contributed by atoms with van der Waals surface area (Å²) in [5, 5.41) is 17.2. The molecule has 204 valence electrons. The number of hydrogen-bond acceptors (Lipinski definition) is 8. The third-order valence-electron chi connectivity index (χ3n) is 5.05. The number of nitrogens with two attached hydrogens (primary N) is 1. The first-order chi connectivity index (χ1) is 17.6. The monoisotopic (exact) mass is 526 g/mol. The van der Waals surface area contributed by atoms with Crippen molar-refractivity contribution in [1.29, 1.82) is 0 Å². The maximum atomic E-state index is 13.1. The molecule has 12 nitrogen and oxygen atoms in total. The molecule has 0 aliphatic carbocycles. The molecule has 3 amide bonds. The summed E-state index contributed by atoms with van der Waals surface area (Å²) in [6.07, 6.45) is 2.47. The summed E-state index contributed by atoms with van der Waals surface area (Å²) < 4.78 is 12.4. The number of nitrogens with one attached hydrogen (secondary N) is 1. The molecule has 4 N–H and O–H groups in total. The first-order valence-electron chi connectivity index (χ1n) is 12.1. The fourth-order valence-electron chi connectivity index (χ4n) is 3.48. The largest absolute Gasteiger partial charge is 0.507 e. The van der Waals surface area contributed by atoms with Gasteiger partial charge in [0.2, 0.25) is 0 Å². The number of carbonyl (C=O) groups excluding carboxylic acids is 3. The predicted octanol–water partition coefficient (Wildman–Crippen LogP) is 3.86. The second-order valence-corrected chi connectivity index (χ2v) is 10.6. The molecule has 3 rings (SSSR count). The molecule has 0 radical (unpaired) electrons. The van der Waals surface area contributed by atoms with E-state index in [2.05, 4.69) is 15.4 Å². The lowest BCUT2D eigenvalue weighted by Gasteiger charge is -2.27. The molecule has 0 atom stereocenters. The zero-order valence-corrected chi connectivity index (χ0v) is 22.4. The van der Waals surface area contributed by atoms with Crippen LogP contribution < -0.4 is 16.0 Å². The van der Waals surface area contributed by atoms with Gasteiger partial charge in [-0.2, -0.15) is 5.10 Å². The second-order valence-electron chi connectivity index (χ2n) is 10.6. The highest BCUT2D eigenvalue weighted by atomic mass is 16.6. The average molecular weight is 527 g/mol. The molecule has 0 fully saturated rings. The number of anilines is 1. The van der Waals surface area contributed by atoms with Gasteiger partial charge in [0, 0.05) is 24.8 Å². The van der Waals surface area contributed by atoms with Gasteiger partial charge in [-0.3, -0.25) is 9.69 Å². The maximum absolute atomic E-state index is 13.1. The molecule has 0 spiro atoms. The predicted molar refractivity (Wildman–Crippen MR) is 141 cm³/mol. The van der Waals surface area contributed by atoms with Crippen molar-refractivity contribution in [1.82, 2.24) is 19.9 Å². The van der Waals surface area contributed by atoms with Gasteiger partial charge < -0.3 is 25.6 Å². The highest BCUT2D eigenvalue weighted by Crippen LogP contribution is 2.30. The van der Waals surface area contributed by atoms with E-state index in [0.717, 1.165) is 0 Å². The molecule has 0 saturated heterocycles. The highest BCUT2D eigenvalue weighted by molar-refractivity contribution is 5.96. The Balaban J connectivity index is 1.88. The van der Waals surface area contributed by atoms with Gasteiger partial charge in [-0.15, -0.1) is 0 Å². The zero-order chi connectivity index (χ0) is 28.3. The minimum atomic E-state index is -0.747. The number of hydrogen-bond donors (Lipinski definition) is 3. The third-order valence-corrected chi connectivity index (χ3v) is 5.05. The maximum Gasteiger partial charge on any atom is 0.416 e. The van der Waals surface area contributed by atoms with E-state index < -0.39 is 29.3 Å². The number of ether oxygens (including phenoxy) is 2. The first kappa shape index (κ1) is 28.2. The lowest BCUT2D eigenvalue weighted by atomic mass is 10.1. The lowest BCUT2D eigenvalue weighted by Crippen LogP contribution is -2.39. The van der Waals surface area contributed by atoms with Gasteiger partial charge >= 0.3 is 12.2 Å². The van der Waals surface area contributed by atoms with E-state index in [1.807, 2.05) is 0 Å². The van der Waals surface area contributed by atoms with Gasteiger partial charge in [0.25, 0.3) is 5.91 Å². The summed E-state index contributed by atoms with van der Waals surface area (Å²) in [7, 11) is 0. The van der Waals surface area contributed by atoms with Gasteiger partial charge in [-0.25, -0.2) is 19.1 Å². The Morgan fingerprint density at radius 2 is 1.76 bits per heavy atom. The van der Waals surface area contributed by atoms with Crippen molar-refractivity contribution in [3.8, 4) is 16.9 Å². The number of rotatable bonds is 7. The number of aromatic hydroxyl groups is 1. The zero-order valence-electron chi connectivity index (χ0n) is 22.4. The van der Waals surface area contributed by atoms with E-state index >= 15 is 0 Å². The van der Waals surface area contributed by atoms with Crippen molar-refractivity contribution in [3.63, 3.8) is 0 Å². The molecule has 0 bridgehead atoms. The number of nitrogens with zero attached hydrogens (tertiary/aromatic N) is 4. The molecule has 38 heavy (non-hydrogen) atoms. The number of carbonyl (C=O) groups is 3. The Bertz CT molecular complexity index is 1340. The molecule has 0 unspecified atom stereocenters. The van der Waals surface area contributed by atoms with Gasteiger partial charge in [0.05, 0.1) is 11.8 Å². The van der Waals surface area contributed by atoms with Crippen LogP contribution in [0.15, 0.2) is 36.7 Å². The van der Waals surface area contributed by atoms with Crippen LogP contribution in [0.3, 0.4) is 0 Å². The molecule has 1 aromatic carbocycles. The Kier molecular flexibility index (Phi) is 8.13. The van der Waals surface area contributed by atoms with E-state index in [9.17, 15) is 19.5 Å². The van der Waals surface area contributed by atoms with E-state index in [-0.39, 0.29) is 24.4 Å². The average Bonchev–Trinajstić information content (AvgIpc) is 3.19. The van der Waals surface area contributed by atoms with Crippen LogP contribution >= 0.6 is 0 Å². The van der Waals surface area contributed by atoms with E-state index in [0.29, 0.717) is 29.0 Å². The van der Waals surface area contributed by atoms with Crippen LogP contribution in [0.5, 0.6) is 5.75 Å². The van der Waals surface area contributed by atoms with Crippen molar-refractivity contribution < 1.29 is 29.0 Å². The number of benzene rings is 1. The summed E-state index contributed by atoms with van der Waals surface area (Å²) in [6.45, 7) is 11.1. The van der Waals surface area contributed by atoms with Crippen molar-refractivity contribution in [2.75, 3.05) is 18.0 Å². The fourth-order valence-corrected chi connectivity index (χ4v) is 3.48. The molecule has 0 aliphatic heterocycles. The van der Waals surface area contributed by atoms with Crippen LogP contribution in [0.2, 0.25) is 0 Å². The topological polar surface area (TPSA) is 161 Å². The fraction of sp³-hybridized carbons (Fsp3) is 0.423. The van der Waals surface area contributed by atoms with E-state index in [1.165, 1.54) is 21.5 Å². The molecule has 2 aromatic heterocycles. The molecule has 0 saturated carbocycles. The minimum absolute atomic E-state index is 0.00466. The van der Waals surface area contributed by atoms with E-state index in [1.54, 1.807) is 66.1 Å².